The number of halogens is 2. The van der Waals surface area contributed by atoms with Crippen molar-refractivity contribution in [3.63, 3.8) is 0 Å². The SMILES string of the molecule is O=CCCCOC(F)F. The third-order valence-electron chi connectivity index (χ3n) is 0.710. The molecule has 0 aromatic carbocycles. The molecule has 0 spiro atoms. The first-order valence-electron chi connectivity index (χ1n) is 2.60. The van der Waals surface area contributed by atoms with Crippen LogP contribution in [0.5, 0.6) is 0 Å². The summed E-state index contributed by atoms with van der Waals surface area (Å²) in [5, 5.41) is 0. The van der Waals surface area contributed by atoms with Gasteiger partial charge in [-0.15, -0.1) is 0 Å². The molecule has 0 atom stereocenters. The van der Waals surface area contributed by atoms with Crippen LogP contribution < -0.4 is 0 Å². The van der Waals surface area contributed by atoms with Gasteiger partial charge in [0.15, 0.2) is 0 Å². The molecular weight excluding hydrogens is 130 g/mol. The fraction of sp³-hybridized carbons (Fsp3) is 0.800. The van der Waals surface area contributed by atoms with E-state index in [-0.39, 0.29) is 13.0 Å². The molecule has 54 valence electrons. The van der Waals surface area contributed by atoms with Gasteiger partial charge in [-0.2, -0.15) is 8.78 Å². The normalized spacial score (nSPS) is 10.1. The van der Waals surface area contributed by atoms with E-state index in [1.807, 2.05) is 0 Å². The predicted molar refractivity (Wildman–Crippen MR) is 27.3 cm³/mol. The fourth-order valence-corrected chi connectivity index (χ4v) is 0.339. The van der Waals surface area contributed by atoms with Crippen LogP contribution in [-0.2, 0) is 9.53 Å². The van der Waals surface area contributed by atoms with Crippen LogP contribution >= 0.6 is 0 Å². The first-order valence-corrected chi connectivity index (χ1v) is 2.60. The van der Waals surface area contributed by atoms with Crippen LogP contribution in [-0.4, -0.2) is 19.5 Å². The van der Waals surface area contributed by atoms with Crippen LogP contribution in [0.4, 0.5) is 8.78 Å². The molecule has 0 saturated heterocycles. The summed E-state index contributed by atoms with van der Waals surface area (Å²) in [5.41, 5.74) is 0. The lowest BCUT2D eigenvalue weighted by molar-refractivity contribution is -0.130. The highest BCUT2D eigenvalue weighted by Gasteiger charge is 1.98. The molecule has 4 heteroatoms. The van der Waals surface area contributed by atoms with Crippen LogP contribution in [0.15, 0.2) is 0 Å². The van der Waals surface area contributed by atoms with Gasteiger partial charge in [-0.1, -0.05) is 0 Å². The quantitative estimate of drug-likeness (QED) is 0.421. The third-order valence-corrected chi connectivity index (χ3v) is 0.710. The van der Waals surface area contributed by atoms with Gasteiger partial charge in [0.25, 0.3) is 0 Å². The summed E-state index contributed by atoms with van der Waals surface area (Å²) in [7, 11) is 0. The summed E-state index contributed by atoms with van der Waals surface area (Å²) >= 11 is 0. The van der Waals surface area contributed by atoms with Gasteiger partial charge in [0.2, 0.25) is 0 Å². The van der Waals surface area contributed by atoms with E-state index in [2.05, 4.69) is 4.74 Å². The molecule has 0 aliphatic carbocycles. The van der Waals surface area contributed by atoms with E-state index in [0.717, 1.165) is 0 Å². The van der Waals surface area contributed by atoms with Gasteiger partial charge in [0.1, 0.15) is 6.29 Å². The summed E-state index contributed by atoms with van der Waals surface area (Å²) in [6, 6.07) is 0. The van der Waals surface area contributed by atoms with Crippen molar-refractivity contribution in [1.29, 1.82) is 0 Å². The number of ether oxygens (including phenoxy) is 1. The van der Waals surface area contributed by atoms with Crippen LogP contribution in [0.1, 0.15) is 12.8 Å². The Labute approximate surface area is 51.8 Å². The standard InChI is InChI=1S/C5H8F2O2/c6-5(7)9-4-2-1-3-8/h3,5H,1-2,4H2. The number of alkyl halides is 2. The topological polar surface area (TPSA) is 26.3 Å². The van der Waals surface area contributed by atoms with Gasteiger partial charge in [-0.25, -0.2) is 0 Å². The smallest absolute Gasteiger partial charge is 0.323 e. The lowest BCUT2D eigenvalue weighted by Gasteiger charge is -1.97. The molecule has 9 heavy (non-hydrogen) atoms. The van der Waals surface area contributed by atoms with E-state index in [1.54, 1.807) is 0 Å². The highest BCUT2D eigenvalue weighted by atomic mass is 19.3. The van der Waals surface area contributed by atoms with Crippen molar-refractivity contribution in [2.45, 2.75) is 19.5 Å². The molecule has 0 aliphatic rings. The zero-order valence-corrected chi connectivity index (χ0v) is 4.85. The van der Waals surface area contributed by atoms with Gasteiger partial charge >= 0.3 is 6.61 Å². The van der Waals surface area contributed by atoms with E-state index in [1.165, 1.54) is 0 Å². The van der Waals surface area contributed by atoms with E-state index in [0.29, 0.717) is 12.7 Å². The van der Waals surface area contributed by atoms with Crippen molar-refractivity contribution < 1.29 is 18.3 Å². The number of carbonyl (C=O) groups excluding carboxylic acids is 1. The second-order valence-electron chi connectivity index (χ2n) is 1.44. The van der Waals surface area contributed by atoms with E-state index >= 15 is 0 Å². The van der Waals surface area contributed by atoms with Gasteiger partial charge < -0.3 is 9.53 Å². The number of carbonyl (C=O) groups is 1. The molecule has 0 saturated carbocycles. The van der Waals surface area contributed by atoms with Crippen molar-refractivity contribution in [3.05, 3.63) is 0 Å². The van der Waals surface area contributed by atoms with E-state index < -0.39 is 6.61 Å². The van der Waals surface area contributed by atoms with Crippen molar-refractivity contribution >= 4 is 6.29 Å². The highest BCUT2D eigenvalue weighted by molar-refractivity contribution is 5.48. The minimum absolute atomic E-state index is 0.0452. The van der Waals surface area contributed by atoms with Crippen LogP contribution in [0.2, 0.25) is 0 Å². The second-order valence-corrected chi connectivity index (χ2v) is 1.44. The monoisotopic (exact) mass is 138 g/mol. The van der Waals surface area contributed by atoms with Crippen LogP contribution in [0, 0.1) is 0 Å². The van der Waals surface area contributed by atoms with Gasteiger partial charge in [-0.05, 0) is 6.42 Å². The molecule has 0 unspecified atom stereocenters. The first kappa shape index (κ1) is 8.49. The molecule has 0 aliphatic heterocycles. The minimum Gasteiger partial charge on any atom is -0.323 e. The van der Waals surface area contributed by atoms with E-state index in [4.69, 9.17) is 0 Å². The first-order chi connectivity index (χ1) is 4.27. The Morgan fingerprint density at radius 2 is 2.22 bits per heavy atom. The Morgan fingerprint density at radius 3 is 2.67 bits per heavy atom. The Hall–Kier alpha value is -0.510. The largest absolute Gasteiger partial charge is 0.345 e. The Morgan fingerprint density at radius 1 is 1.56 bits per heavy atom. The Kier molecular flexibility index (Phi) is 5.30. The number of unbranched alkanes of at least 4 members (excludes halogenated alkanes) is 1. The summed E-state index contributed by atoms with van der Waals surface area (Å²) < 4.78 is 26.2. The number of rotatable bonds is 5. The van der Waals surface area contributed by atoms with Crippen molar-refractivity contribution in [1.82, 2.24) is 0 Å². The van der Waals surface area contributed by atoms with E-state index in [9.17, 15) is 13.6 Å². The maximum Gasteiger partial charge on any atom is 0.345 e. The molecule has 0 amide bonds. The Balaban J connectivity index is 2.82. The number of hydrogen-bond acceptors (Lipinski definition) is 2. The summed E-state index contributed by atoms with van der Waals surface area (Å²) in [6.07, 6.45) is 1.33. The molecule has 0 aromatic rings. The molecule has 0 radical (unpaired) electrons. The second kappa shape index (κ2) is 5.62. The molecule has 0 heterocycles. The number of hydrogen-bond donors (Lipinski definition) is 0. The molecule has 0 rings (SSSR count). The van der Waals surface area contributed by atoms with Crippen molar-refractivity contribution in [2.24, 2.45) is 0 Å². The molecule has 0 aromatic heterocycles. The molecule has 0 bridgehead atoms. The lowest BCUT2D eigenvalue weighted by atomic mass is 10.4. The third kappa shape index (κ3) is 7.49. The fourth-order valence-electron chi connectivity index (χ4n) is 0.339. The molecular formula is C5H8F2O2. The molecule has 2 nitrogen and oxygen atoms in total. The minimum atomic E-state index is -2.71. The zero-order chi connectivity index (χ0) is 7.11. The maximum absolute atomic E-state index is 11.2. The summed E-state index contributed by atoms with van der Waals surface area (Å²) in [4.78, 5) is 9.61. The summed E-state index contributed by atoms with van der Waals surface area (Å²) in [6.45, 7) is -2.76. The average molecular weight is 138 g/mol. The average Bonchev–Trinajstić information content (AvgIpc) is 1.80. The summed E-state index contributed by atoms with van der Waals surface area (Å²) in [5.74, 6) is 0. The Bertz CT molecular complexity index is 75.4. The van der Waals surface area contributed by atoms with Crippen molar-refractivity contribution in [3.8, 4) is 0 Å². The van der Waals surface area contributed by atoms with Crippen LogP contribution in [0.3, 0.4) is 0 Å². The molecule has 0 N–H and O–H groups in total. The predicted octanol–water partition coefficient (Wildman–Crippen LogP) is 1.20. The van der Waals surface area contributed by atoms with Crippen LogP contribution in [0.25, 0.3) is 0 Å². The van der Waals surface area contributed by atoms with Gasteiger partial charge in [-0.3, -0.25) is 0 Å². The maximum atomic E-state index is 11.2. The highest BCUT2D eigenvalue weighted by Crippen LogP contribution is 1.95. The van der Waals surface area contributed by atoms with Gasteiger partial charge in [0.05, 0.1) is 6.61 Å². The van der Waals surface area contributed by atoms with Gasteiger partial charge in [0, 0.05) is 6.42 Å². The molecule has 0 fully saturated rings. The zero-order valence-electron chi connectivity index (χ0n) is 4.85. The number of aldehydes is 1. The van der Waals surface area contributed by atoms with Crippen molar-refractivity contribution in [2.75, 3.05) is 6.61 Å². The lowest BCUT2D eigenvalue weighted by Crippen LogP contribution is -2.00.